The number of benzene rings is 2. The third kappa shape index (κ3) is 5.34. The van der Waals surface area contributed by atoms with Crippen molar-refractivity contribution in [2.24, 2.45) is 0 Å². The lowest BCUT2D eigenvalue weighted by atomic mass is 10.1. The topological polar surface area (TPSA) is 50.8 Å². The summed E-state index contributed by atoms with van der Waals surface area (Å²) in [5.74, 6) is 2.25. The van der Waals surface area contributed by atoms with Crippen LogP contribution in [0.5, 0.6) is 0 Å². The number of ketones is 1. The van der Waals surface area contributed by atoms with E-state index in [2.05, 4.69) is 25.8 Å². The summed E-state index contributed by atoms with van der Waals surface area (Å²) in [7, 11) is 0. The lowest BCUT2D eigenvalue weighted by Gasteiger charge is -2.04. The van der Waals surface area contributed by atoms with Gasteiger partial charge < -0.3 is 22.3 Å². The number of Topliss-reactive ketones (excluding diaryl/α,β-unsaturated/α-hetero) is 1. The van der Waals surface area contributed by atoms with Gasteiger partial charge in [0.2, 0.25) is 5.82 Å². The van der Waals surface area contributed by atoms with E-state index in [-0.39, 0.29) is 29.3 Å². The SMILES string of the molecule is O=C(Cn1nc(CNc2ccc(Br)cc2)[n+]2c1CCCCC2)c1ccccc1.[Br-]. The standard InChI is InChI=1S/C22H24BrN4O.BrH/c23-18-10-12-19(13-11-18)24-15-21-25-27(22-9-5-2-6-14-26(21)22)16-20(28)17-7-3-1-4-8-17;/h1,3-4,7-8,10-13,24H,2,5-6,9,14-16H2;1H/q+1;/p-1. The van der Waals surface area contributed by atoms with Crippen LogP contribution in [0.2, 0.25) is 0 Å². The predicted molar refractivity (Wildman–Crippen MR) is 112 cm³/mol. The number of aromatic nitrogens is 3. The van der Waals surface area contributed by atoms with Gasteiger partial charge in [-0.25, -0.2) is 4.57 Å². The molecule has 0 aliphatic carbocycles. The molecule has 1 aliphatic rings. The number of carbonyl (C=O) groups excluding carboxylic acids is 1. The Hall–Kier alpha value is -1.99. The third-order valence-corrected chi connectivity index (χ3v) is 5.65. The van der Waals surface area contributed by atoms with Gasteiger partial charge in [-0.3, -0.25) is 4.79 Å². The molecule has 1 N–H and O–H groups in total. The van der Waals surface area contributed by atoms with E-state index >= 15 is 0 Å². The fraction of sp³-hybridized carbons (Fsp3) is 0.318. The molecule has 0 atom stereocenters. The normalized spacial score (nSPS) is 13.1. The second-order valence-electron chi connectivity index (χ2n) is 7.10. The molecular weight excluding hydrogens is 496 g/mol. The number of nitrogens with one attached hydrogen (secondary N) is 1. The van der Waals surface area contributed by atoms with Crippen molar-refractivity contribution in [2.45, 2.75) is 45.3 Å². The maximum Gasteiger partial charge on any atom is 0.296 e. The van der Waals surface area contributed by atoms with Crippen molar-refractivity contribution < 1.29 is 26.3 Å². The fourth-order valence-corrected chi connectivity index (χ4v) is 3.91. The number of anilines is 1. The molecule has 7 heteroatoms. The molecule has 0 radical (unpaired) electrons. The fourth-order valence-electron chi connectivity index (χ4n) is 3.65. The summed E-state index contributed by atoms with van der Waals surface area (Å²) in [6.07, 6.45) is 4.48. The van der Waals surface area contributed by atoms with Gasteiger partial charge in [-0.1, -0.05) is 46.3 Å². The summed E-state index contributed by atoms with van der Waals surface area (Å²) in [6.45, 7) is 1.89. The summed E-state index contributed by atoms with van der Waals surface area (Å²) >= 11 is 3.47. The van der Waals surface area contributed by atoms with E-state index in [9.17, 15) is 4.79 Å². The molecule has 0 spiro atoms. The van der Waals surface area contributed by atoms with E-state index in [0.717, 1.165) is 53.2 Å². The molecule has 0 unspecified atom stereocenters. The second kappa shape index (κ2) is 10.2. The molecule has 1 aromatic heterocycles. The zero-order chi connectivity index (χ0) is 19.3. The van der Waals surface area contributed by atoms with Crippen LogP contribution in [-0.2, 0) is 26.1 Å². The Kier molecular flexibility index (Phi) is 7.61. The van der Waals surface area contributed by atoms with Crippen molar-refractivity contribution in [1.29, 1.82) is 0 Å². The van der Waals surface area contributed by atoms with Crippen molar-refractivity contribution in [2.75, 3.05) is 5.32 Å². The molecule has 0 bridgehead atoms. The molecule has 0 fully saturated rings. The summed E-state index contributed by atoms with van der Waals surface area (Å²) in [6, 6.07) is 17.6. The smallest absolute Gasteiger partial charge is 0.296 e. The minimum Gasteiger partial charge on any atom is -1.00 e. The van der Waals surface area contributed by atoms with E-state index in [0.29, 0.717) is 6.54 Å². The quantitative estimate of drug-likeness (QED) is 0.393. The Bertz CT molecular complexity index is 955. The van der Waals surface area contributed by atoms with E-state index in [1.165, 1.54) is 6.42 Å². The first-order valence-electron chi connectivity index (χ1n) is 9.77. The highest BCUT2D eigenvalue weighted by Gasteiger charge is 2.28. The highest BCUT2D eigenvalue weighted by atomic mass is 79.9. The highest BCUT2D eigenvalue weighted by Crippen LogP contribution is 2.16. The molecule has 3 aromatic rings. The molecule has 4 rings (SSSR count). The van der Waals surface area contributed by atoms with E-state index in [4.69, 9.17) is 5.10 Å². The molecular formula is C22H24Br2N4O. The van der Waals surface area contributed by atoms with Crippen molar-refractivity contribution in [3.63, 3.8) is 0 Å². The molecule has 0 amide bonds. The van der Waals surface area contributed by atoms with Gasteiger partial charge in [0.15, 0.2) is 12.3 Å². The Morgan fingerprint density at radius 2 is 1.83 bits per heavy atom. The number of nitrogens with zero attached hydrogens (tertiary/aromatic N) is 3. The number of rotatable bonds is 6. The van der Waals surface area contributed by atoms with Crippen LogP contribution >= 0.6 is 15.9 Å². The zero-order valence-corrected chi connectivity index (χ0v) is 19.3. The predicted octanol–water partition coefficient (Wildman–Crippen LogP) is 1.16. The van der Waals surface area contributed by atoms with Crippen LogP contribution in [0.1, 0.15) is 41.3 Å². The first-order valence-corrected chi connectivity index (χ1v) is 10.6. The van der Waals surface area contributed by atoms with Gasteiger partial charge >= 0.3 is 0 Å². The van der Waals surface area contributed by atoms with Gasteiger partial charge in [-0.15, -0.1) is 4.68 Å². The van der Waals surface area contributed by atoms with Crippen molar-refractivity contribution >= 4 is 27.4 Å². The summed E-state index contributed by atoms with van der Waals surface area (Å²) in [5.41, 5.74) is 1.79. The van der Waals surface area contributed by atoms with Crippen molar-refractivity contribution in [1.82, 2.24) is 9.78 Å². The molecule has 152 valence electrons. The average Bonchev–Trinajstić information content (AvgIpc) is 2.89. The van der Waals surface area contributed by atoms with Crippen LogP contribution in [0.25, 0.3) is 0 Å². The second-order valence-corrected chi connectivity index (χ2v) is 8.02. The number of carbonyl (C=O) groups is 1. The van der Waals surface area contributed by atoms with Crippen molar-refractivity contribution in [3.05, 3.63) is 76.3 Å². The van der Waals surface area contributed by atoms with E-state index in [1.807, 2.05) is 59.3 Å². The lowest BCUT2D eigenvalue weighted by Crippen LogP contribution is -3.00. The number of hydrogen-bond acceptors (Lipinski definition) is 3. The maximum atomic E-state index is 12.7. The minimum absolute atomic E-state index is 0. The summed E-state index contributed by atoms with van der Waals surface area (Å²) in [5, 5.41) is 8.27. The zero-order valence-electron chi connectivity index (χ0n) is 16.2. The highest BCUT2D eigenvalue weighted by molar-refractivity contribution is 9.10. The molecule has 0 saturated carbocycles. The molecule has 29 heavy (non-hydrogen) atoms. The summed E-state index contributed by atoms with van der Waals surface area (Å²) < 4.78 is 5.28. The van der Waals surface area contributed by atoms with Gasteiger partial charge in [-0.05, 0) is 43.5 Å². The van der Waals surface area contributed by atoms with Crippen LogP contribution in [-0.4, -0.2) is 15.6 Å². The molecule has 2 aromatic carbocycles. The van der Waals surface area contributed by atoms with Crippen LogP contribution in [0.4, 0.5) is 5.69 Å². The number of fused-ring (bicyclic) bond motifs is 1. The van der Waals surface area contributed by atoms with Crippen LogP contribution < -0.4 is 26.9 Å². The molecule has 1 aliphatic heterocycles. The van der Waals surface area contributed by atoms with E-state index < -0.39 is 0 Å². The minimum atomic E-state index is 0. The van der Waals surface area contributed by atoms with Crippen molar-refractivity contribution in [3.8, 4) is 0 Å². The number of halogens is 2. The largest absolute Gasteiger partial charge is 1.00 e. The Labute approximate surface area is 190 Å². The molecule has 0 saturated heterocycles. The Balaban J connectivity index is 0.00000240. The molecule has 2 heterocycles. The van der Waals surface area contributed by atoms with Crippen LogP contribution in [0.15, 0.2) is 59.1 Å². The van der Waals surface area contributed by atoms with E-state index in [1.54, 1.807) is 0 Å². The van der Waals surface area contributed by atoms with Gasteiger partial charge in [0.1, 0.15) is 6.54 Å². The number of hydrogen-bond donors (Lipinski definition) is 1. The van der Waals surface area contributed by atoms with Crippen LogP contribution in [0.3, 0.4) is 0 Å². The van der Waals surface area contributed by atoms with Gasteiger partial charge in [0.25, 0.3) is 5.82 Å². The Morgan fingerprint density at radius 1 is 1.07 bits per heavy atom. The first kappa shape index (κ1) is 21.7. The third-order valence-electron chi connectivity index (χ3n) is 5.12. The average molecular weight is 520 g/mol. The Morgan fingerprint density at radius 3 is 2.59 bits per heavy atom. The lowest BCUT2D eigenvalue weighted by molar-refractivity contribution is -0.710. The maximum absolute atomic E-state index is 12.7. The van der Waals surface area contributed by atoms with Gasteiger partial charge in [-0.2, -0.15) is 0 Å². The molecule has 5 nitrogen and oxygen atoms in total. The monoisotopic (exact) mass is 518 g/mol. The van der Waals surface area contributed by atoms with Gasteiger partial charge in [0, 0.05) is 27.2 Å². The van der Waals surface area contributed by atoms with Crippen LogP contribution in [0, 0.1) is 0 Å². The first-order chi connectivity index (χ1) is 13.7. The van der Waals surface area contributed by atoms with Gasteiger partial charge in [0.05, 0.1) is 6.54 Å². The summed E-state index contributed by atoms with van der Waals surface area (Å²) in [4.78, 5) is 12.7.